The lowest BCUT2D eigenvalue weighted by atomic mass is 9.78. The van der Waals surface area contributed by atoms with E-state index in [9.17, 15) is 14.4 Å². The van der Waals surface area contributed by atoms with E-state index < -0.39 is 0 Å². The predicted octanol–water partition coefficient (Wildman–Crippen LogP) is 0.577. The molecule has 25 heavy (non-hydrogen) atoms. The fourth-order valence-electron chi connectivity index (χ4n) is 3.36. The summed E-state index contributed by atoms with van der Waals surface area (Å²) in [7, 11) is 0. The van der Waals surface area contributed by atoms with Gasteiger partial charge in [0.1, 0.15) is 5.82 Å². The molecule has 0 aliphatic heterocycles. The van der Waals surface area contributed by atoms with Crippen molar-refractivity contribution in [3.05, 3.63) is 49.5 Å². The van der Waals surface area contributed by atoms with Crippen LogP contribution >= 0.6 is 0 Å². The summed E-state index contributed by atoms with van der Waals surface area (Å²) in [5, 5.41) is 8.15. The van der Waals surface area contributed by atoms with E-state index in [1.165, 1.54) is 0 Å². The van der Waals surface area contributed by atoms with Gasteiger partial charge in [0.15, 0.2) is 0 Å². The molecule has 2 aromatic heterocycles. The SMILES string of the molecule is Cc1[nH][nH]c(=O)c1CC(=O)NC1CC(c2cc(=O)[nH]c(C3CC3)n2)C1. The molecule has 0 unspecified atom stereocenters. The fourth-order valence-corrected chi connectivity index (χ4v) is 3.36. The Labute approximate surface area is 143 Å². The quantitative estimate of drug-likeness (QED) is 0.634. The molecule has 2 saturated carbocycles. The Bertz CT molecular complexity index is 915. The Morgan fingerprint density at radius 2 is 2.00 bits per heavy atom. The number of rotatable bonds is 5. The highest BCUT2D eigenvalue weighted by Crippen LogP contribution is 2.40. The molecular formula is C17H21N5O3. The molecule has 0 atom stereocenters. The molecule has 0 spiro atoms. The first-order valence-electron chi connectivity index (χ1n) is 8.66. The van der Waals surface area contributed by atoms with Crippen molar-refractivity contribution < 1.29 is 4.79 Å². The summed E-state index contributed by atoms with van der Waals surface area (Å²) in [6, 6.07) is 1.64. The van der Waals surface area contributed by atoms with Gasteiger partial charge in [-0.2, -0.15) is 0 Å². The molecule has 0 aromatic carbocycles. The van der Waals surface area contributed by atoms with Gasteiger partial charge in [-0.05, 0) is 32.6 Å². The molecule has 2 aliphatic rings. The molecule has 132 valence electrons. The van der Waals surface area contributed by atoms with E-state index in [-0.39, 0.29) is 35.4 Å². The van der Waals surface area contributed by atoms with Crippen LogP contribution in [0.4, 0.5) is 0 Å². The van der Waals surface area contributed by atoms with Crippen LogP contribution in [0.5, 0.6) is 0 Å². The Balaban J connectivity index is 1.34. The molecule has 2 aliphatic carbocycles. The van der Waals surface area contributed by atoms with E-state index >= 15 is 0 Å². The minimum absolute atomic E-state index is 0.0704. The van der Waals surface area contributed by atoms with E-state index in [0.717, 1.165) is 37.2 Å². The number of nitrogens with zero attached hydrogens (tertiary/aromatic N) is 1. The van der Waals surface area contributed by atoms with Gasteiger partial charge in [0.05, 0.1) is 12.1 Å². The first kappa shape index (κ1) is 15.9. The topological polar surface area (TPSA) is 123 Å². The van der Waals surface area contributed by atoms with Crippen LogP contribution in [0.1, 0.15) is 60.3 Å². The number of carbonyl (C=O) groups is 1. The molecule has 0 saturated heterocycles. The second-order valence-corrected chi connectivity index (χ2v) is 7.12. The number of aromatic nitrogens is 4. The van der Waals surface area contributed by atoms with Crippen molar-refractivity contribution in [1.29, 1.82) is 0 Å². The Morgan fingerprint density at radius 3 is 2.64 bits per heavy atom. The lowest BCUT2D eigenvalue weighted by molar-refractivity contribution is -0.121. The lowest BCUT2D eigenvalue weighted by Gasteiger charge is -2.35. The van der Waals surface area contributed by atoms with Crippen molar-refractivity contribution in [1.82, 2.24) is 25.5 Å². The van der Waals surface area contributed by atoms with Crippen LogP contribution in [0.25, 0.3) is 0 Å². The van der Waals surface area contributed by atoms with Crippen molar-refractivity contribution in [2.75, 3.05) is 0 Å². The van der Waals surface area contributed by atoms with Gasteiger partial charge in [-0.25, -0.2) is 4.98 Å². The van der Waals surface area contributed by atoms with E-state index in [0.29, 0.717) is 17.2 Å². The van der Waals surface area contributed by atoms with Crippen LogP contribution in [0.15, 0.2) is 15.7 Å². The zero-order valence-electron chi connectivity index (χ0n) is 14.0. The molecule has 2 aromatic rings. The summed E-state index contributed by atoms with van der Waals surface area (Å²) in [6.45, 7) is 1.76. The third-order valence-corrected chi connectivity index (χ3v) is 5.09. The summed E-state index contributed by atoms with van der Waals surface area (Å²) in [4.78, 5) is 42.9. The van der Waals surface area contributed by atoms with Crippen LogP contribution in [0, 0.1) is 6.92 Å². The molecule has 4 N–H and O–H groups in total. The molecule has 1 amide bonds. The molecule has 8 heteroatoms. The first-order valence-corrected chi connectivity index (χ1v) is 8.66. The van der Waals surface area contributed by atoms with Crippen molar-refractivity contribution in [2.45, 2.75) is 56.9 Å². The largest absolute Gasteiger partial charge is 0.353 e. The summed E-state index contributed by atoms with van der Waals surface area (Å²) >= 11 is 0. The van der Waals surface area contributed by atoms with Crippen molar-refractivity contribution in [2.24, 2.45) is 0 Å². The highest BCUT2D eigenvalue weighted by atomic mass is 16.2. The van der Waals surface area contributed by atoms with E-state index in [2.05, 4.69) is 25.5 Å². The molecular weight excluding hydrogens is 322 g/mol. The van der Waals surface area contributed by atoms with Gasteiger partial charge in [0.2, 0.25) is 5.91 Å². The third kappa shape index (κ3) is 3.29. The molecule has 2 fully saturated rings. The van der Waals surface area contributed by atoms with Crippen LogP contribution in [-0.2, 0) is 11.2 Å². The minimum Gasteiger partial charge on any atom is -0.353 e. The molecule has 0 bridgehead atoms. The van der Waals surface area contributed by atoms with Crippen LogP contribution in [0.3, 0.4) is 0 Å². The van der Waals surface area contributed by atoms with Gasteiger partial charge in [0, 0.05) is 35.2 Å². The fraction of sp³-hybridized carbons (Fsp3) is 0.529. The maximum Gasteiger partial charge on any atom is 0.267 e. The summed E-state index contributed by atoms with van der Waals surface area (Å²) in [6.07, 6.45) is 3.80. The number of hydrogen-bond acceptors (Lipinski definition) is 4. The highest BCUT2D eigenvalue weighted by Gasteiger charge is 2.34. The van der Waals surface area contributed by atoms with Crippen molar-refractivity contribution in [3.63, 3.8) is 0 Å². The Kier molecular flexibility index (Phi) is 3.82. The van der Waals surface area contributed by atoms with Gasteiger partial charge in [0.25, 0.3) is 11.1 Å². The highest BCUT2D eigenvalue weighted by molar-refractivity contribution is 5.79. The van der Waals surface area contributed by atoms with Gasteiger partial charge in [-0.1, -0.05) is 0 Å². The van der Waals surface area contributed by atoms with Gasteiger partial charge in [-0.3, -0.25) is 19.5 Å². The van der Waals surface area contributed by atoms with Crippen molar-refractivity contribution >= 4 is 5.91 Å². The third-order valence-electron chi connectivity index (χ3n) is 5.09. The summed E-state index contributed by atoms with van der Waals surface area (Å²) in [5.74, 6) is 1.26. The molecule has 2 heterocycles. The van der Waals surface area contributed by atoms with Crippen LogP contribution < -0.4 is 16.4 Å². The van der Waals surface area contributed by atoms with Gasteiger partial charge in [-0.15, -0.1) is 0 Å². The second-order valence-electron chi connectivity index (χ2n) is 7.12. The average Bonchev–Trinajstić information content (AvgIpc) is 3.33. The van der Waals surface area contributed by atoms with E-state index in [4.69, 9.17) is 0 Å². The lowest BCUT2D eigenvalue weighted by Crippen LogP contribution is -2.44. The van der Waals surface area contributed by atoms with Crippen LogP contribution in [-0.4, -0.2) is 32.1 Å². The number of nitrogens with one attached hydrogen (secondary N) is 4. The maximum atomic E-state index is 12.1. The summed E-state index contributed by atoms with van der Waals surface area (Å²) < 4.78 is 0. The molecule has 0 radical (unpaired) electrons. The van der Waals surface area contributed by atoms with E-state index in [1.54, 1.807) is 13.0 Å². The number of aryl methyl sites for hydroxylation is 1. The minimum atomic E-state index is -0.251. The second kappa shape index (κ2) is 6.02. The van der Waals surface area contributed by atoms with Crippen LogP contribution in [0.2, 0.25) is 0 Å². The number of amides is 1. The standard InChI is InChI=1S/C17H21N5O3/c1-8-12(17(25)22-21-8)6-14(23)18-11-4-10(5-11)13-7-15(24)20-16(19-13)9-2-3-9/h7,9-11H,2-6H2,1H3,(H,18,23)(H,19,20,24)(H2,21,22,25). The molecule has 8 nitrogen and oxygen atoms in total. The van der Waals surface area contributed by atoms with E-state index in [1.807, 2.05) is 0 Å². The predicted molar refractivity (Wildman–Crippen MR) is 90.6 cm³/mol. The number of carbonyl (C=O) groups excluding carboxylic acids is 1. The van der Waals surface area contributed by atoms with Gasteiger partial charge < -0.3 is 15.4 Å². The van der Waals surface area contributed by atoms with Gasteiger partial charge >= 0.3 is 0 Å². The Morgan fingerprint density at radius 1 is 1.24 bits per heavy atom. The number of hydrogen-bond donors (Lipinski definition) is 4. The first-order chi connectivity index (χ1) is 12.0. The average molecular weight is 343 g/mol. The Hall–Kier alpha value is -2.64. The zero-order valence-corrected chi connectivity index (χ0v) is 14.0. The maximum absolute atomic E-state index is 12.1. The number of aromatic amines is 3. The number of H-pyrrole nitrogens is 3. The molecule has 4 rings (SSSR count). The summed E-state index contributed by atoms with van der Waals surface area (Å²) in [5.41, 5.74) is 1.64. The monoisotopic (exact) mass is 343 g/mol. The van der Waals surface area contributed by atoms with Crippen molar-refractivity contribution in [3.8, 4) is 0 Å². The zero-order chi connectivity index (χ0) is 17.6. The normalized spacial score (nSPS) is 22.4. The smallest absolute Gasteiger partial charge is 0.267 e.